The highest BCUT2D eigenvalue weighted by atomic mass is 16.5. The second kappa shape index (κ2) is 9.78. The van der Waals surface area contributed by atoms with Gasteiger partial charge in [0.2, 0.25) is 0 Å². The normalized spacial score (nSPS) is 12.6. The molecular formula is C15H26NO3+. The Morgan fingerprint density at radius 1 is 1.21 bits per heavy atom. The van der Waals surface area contributed by atoms with Gasteiger partial charge >= 0.3 is 0 Å². The third-order valence-electron chi connectivity index (χ3n) is 2.63. The molecule has 0 saturated carbocycles. The molecule has 1 rings (SSSR count). The Kier molecular flexibility index (Phi) is 8.21. The maximum Gasteiger partial charge on any atom is 0.137 e. The van der Waals surface area contributed by atoms with E-state index in [2.05, 4.69) is 5.32 Å². The first-order valence-corrected chi connectivity index (χ1v) is 6.97. The number of rotatable bonds is 10. The SMILES string of the molecule is CC(C)OCCC[NH2+]C[C@H](O)COc1ccccc1. The Bertz CT molecular complexity index is 316. The average Bonchev–Trinajstić information content (AvgIpc) is 2.41. The van der Waals surface area contributed by atoms with Gasteiger partial charge in [-0.15, -0.1) is 0 Å². The van der Waals surface area contributed by atoms with Crippen molar-refractivity contribution in [1.29, 1.82) is 0 Å². The van der Waals surface area contributed by atoms with Crippen LogP contribution in [0, 0.1) is 0 Å². The predicted molar refractivity (Wildman–Crippen MR) is 75.3 cm³/mol. The average molecular weight is 268 g/mol. The summed E-state index contributed by atoms with van der Waals surface area (Å²) in [7, 11) is 0. The standard InChI is InChI=1S/C15H25NO3/c1-13(2)18-10-6-9-16-11-14(17)12-19-15-7-4-3-5-8-15/h3-5,7-8,13-14,16-17H,6,9-12H2,1-2H3/p+1/t14-/m0/s1. The second-order valence-corrected chi connectivity index (χ2v) is 4.86. The molecule has 0 unspecified atom stereocenters. The lowest BCUT2D eigenvalue weighted by atomic mass is 10.3. The molecule has 0 aliphatic heterocycles. The molecule has 0 aliphatic rings. The van der Waals surface area contributed by atoms with Crippen molar-refractivity contribution < 1.29 is 19.9 Å². The molecule has 108 valence electrons. The van der Waals surface area contributed by atoms with E-state index in [9.17, 15) is 5.11 Å². The Hall–Kier alpha value is -1.10. The molecule has 0 heterocycles. The van der Waals surface area contributed by atoms with Crippen molar-refractivity contribution in [2.24, 2.45) is 0 Å². The second-order valence-electron chi connectivity index (χ2n) is 4.86. The van der Waals surface area contributed by atoms with E-state index in [1.807, 2.05) is 44.2 Å². The minimum atomic E-state index is -0.439. The van der Waals surface area contributed by atoms with E-state index < -0.39 is 6.10 Å². The van der Waals surface area contributed by atoms with Gasteiger partial charge < -0.3 is 19.9 Å². The molecule has 0 aliphatic carbocycles. The summed E-state index contributed by atoms with van der Waals surface area (Å²) in [6, 6.07) is 9.56. The third-order valence-corrected chi connectivity index (χ3v) is 2.63. The minimum Gasteiger partial charge on any atom is -0.491 e. The largest absolute Gasteiger partial charge is 0.491 e. The Morgan fingerprint density at radius 3 is 2.63 bits per heavy atom. The molecule has 4 nitrogen and oxygen atoms in total. The molecule has 0 spiro atoms. The van der Waals surface area contributed by atoms with Gasteiger partial charge in [0.15, 0.2) is 0 Å². The minimum absolute atomic E-state index is 0.296. The first-order valence-electron chi connectivity index (χ1n) is 6.97. The monoisotopic (exact) mass is 268 g/mol. The van der Waals surface area contributed by atoms with Gasteiger partial charge in [0.1, 0.15) is 25.0 Å². The van der Waals surface area contributed by atoms with Gasteiger partial charge in [-0.25, -0.2) is 0 Å². The third kappa shape index (κ3) is 8.59. The molecule has 0 radical (unpaired) electrons. The van der Waals surface area contributed by atoms with Gasteiger partial charge in [0.05, 0.1) is 19.3 Å². The number of nitrogens with two attached hydrogens (primary N) is 1. The van der Waals surface area contributed by atoms with Crippen LogP contribution in [0.3, 0.4) is 0 Å². The zero-order valence-corrected chi connectivity index (χ0v) is 11.9. The van der Waals surface area contributed by atoms with Crippen LogP contribution in [0.15, 0.2) is 30.3 Å². The number of para-hydroxylation sites is 1. The van der Waals surface area contributed by atoms with Crippen LogP contribution in [0.1, 0.15) is 20.3 Å². The lowest BCUT2D eigenvalue weighted by molar-refractivity contribution is -0.661. The molecule has 1 aromatic rings. The molecule has 1 atom stereocenters. The molecule has 19 heavy (non-hydrogen) atoms. The lowest BCUT2D eigenvalue weighted by Gasteiger charge is -2.11. The molecule has 1 aromatic carbocycles. The fourth-order valence-corrected chi connectivity index (χ4v) is 1.63. The summed E-state index contributed by atoms with van der Waals surface area (Å²) >= 11 is 0. The Morgan fingerprint density at radius 2 is 1.95 bits per heavy atom. The molecule has 0 saturated heterocycles. The van der Waals surface area contributed by atoms with Crippen molar-refractivity contribution in [2.75, 3.05) is 26.3 Å². The van der Waals surface area contributed by atoms with Crippen LogP contribution in [0.25, 0.3) is 0 Å². The molecule has 0 bridgehead atoms. The van der Waals surface area contributed by atoms with E-state index in [1.165, 1.54) is 0 Å². The number of hydrogen-bond donors (Lipinski definition) is 2. The highest BCUT2D eigenvalue weighted by molar-refractivity contribution is 5.20. The number of ether oxygens (including phenoxy) is 2. The van der Waals surface area contributed by atoms with Gasteiger partial charge in [-0.2, -0.15) is 0 Å². The summed E-state index contributed by atoms with van der Waals surface area (Å²) in [6.45, 7) is 6.82. The van der Waals surface area contributed by atoms with Gasteiger partial charge in [-0.3, -0.25) is 0 Å². The highest BCUT2D eigenvalue weighted by Gasteiger charge is 2.07. The van der Waals surface area contributed by atoms with Gasteiger partial charge in [-0.1, -0.05) is 18.2 Å². The summed E-state index contributed by atoms with van der Waals surface area (Å²) in [5, 5.41) is 11.9. The topological polar surface area (TPSA) is 55.3 Å². The van der Waals surface area contributed by atoms with Gasteiger partial charge in [-0.05, 0) is 26.0 Å². The first-order chi connectivity index (χ1) is 9.18. The molecule has 3 N–H and O–H groups in total. The van der Waals surface area contributed by atoms with E-state index >= 15 is 0 Å². The van der Waals surface area contributed by atoms with E-state index in [1.54, 1.807) is 0 Å². The highest BCUT2D eigenvalue weighted by Crippen LogP contribution is 2.07. The van der Waals surface area contributed by atoms with Crippen molar-refractivity contribution in [3.05, 3.63) is 30.3 Å². The quantitative estimate of drug-likeness (QED) is 0.617. The number of aliphatic hydroxyl groups excluding tert-OH is 1. The fraction of sp³-hybridized carbons (Fsp3) is 0.600. The smallest absolute Gasteiger partial charge is 0.137 e. The van der Waals surface area contributed by atoms with Gasteiger partial charge in [0, 0.05) is 6.42 Å². The Balaban J connectivity index is 1.98. The fourth-order valence-electron chi connectivity index (χ4n) is 1.63. The van der Waals surface area contributed by atoms with Crippen molar-refractivity contribution in [3.8, 4) is 5.75 Å². The maximum atomic E-state index is 9.77. The summed E-state index contributed by atoms with van der Waals surface area (Å²) in [5.41, 5.74) is 0. The van der Waals surface area contributed by atoms with Crippen LogP contribution in [0.4, 0.5) is 0 Å². The zero-order valence-electron chi connectivity index (χ0n) is 11.9. The molecule has 0 aromatic heterocycles. The van der Waals surface area contributed by atoms with E-state index in [0.717, 1.165) is 25.3 Å². The van der Waals surface area contributed by atoms with Crippen LogP contribution in [-0.2, 0) is 4.74 Å². The van der Waals surface area contributed by atoms with Gasteiger partial charge in [0.25, 0.3) is 0 Å². The van der Waals surface area contributed by atoms with E-state index in [0.29, 0.717) is 19.3 Å². The van der Waals surface area contributed by atoms with Crippen molar-refractivity contribution in [3.63, 3.8) is 0 Å². The van der Waals surface area contributed by atoms with Crippen molar-refractivity contribution >= 4 is 0 Å². The summed E-state index contributed by atoms with van der Waals surface area (Å²) in [5.74, 6) is 0.798. The van der Waals surface area contributed by atoms with Crippen LogP contribution >= 0.6 is 0 Å². The summed E-state index contributed by atoms with van der Waals surface area (Å²) in [6.07, 6.45) is 0.862. The van der Waals surface area contributed by atoms with Crippen molar-refractivity contribution in [1.82, 2.24) is 0 Å². The van der Waals surface area contributed by atoms with Crippen LogP contribution in [-0.4, -0.2) is 43.6 Å². The number of aliphatic hydroxyl groups is 1. The van der Waals surface area contributed by atoms with Crippen LogP contribution in [0.2, 0.25) is 0 Å². The summed E-state index contributed by atoms with van der Waals surface area (Å²) in [4.78, 5) is 0. The van der Waals surface area contributed by atoms with E-state index in [4.69, 9.17) is 9.47 Å². The number of benzene rings is 1. The molecule has 0 fully saturated rings. The molecule has 4 heteroatoms. The Labute approximate surface area is 115 Å². The lowest BCUT2D eigenvalue weighted by Crippen LogP contribution is -2.86. The first kappa shape index (κ1) is 16.0. The molecular weight excluding hydrogens is 242 g/mol. The van der Waals surface area contributed by atoms with Crippen LogP contribution in [0.5, 0.6) is 5.75 Å². The number of quaternary nitrogens is 1. The van der Waals surface area contributed by atoms with Crippen molar-refractivity contribution in [2.45, 2.75) is 32.5 Å². The predicted octanol–water partition coefficient (Wildman–Crippen LogP) is 0.805. The zero-order chi connectivity index (χ0) is 13.9. The molecule has 0 amide bonds. The maximum absolute atomic E-state index is 9.77. The summed E-state index contributed by atoms with van der Waals surface area (Å²) < 4.78 is 10.9. The van der Waals surface area contributed by atoms with E-state index in [-0.39, 0.29) is 0 Å². The van der Waals surface area contributed by atoms with Crippen LogP contribution < -0.4 is 10.1 Å². The number of hydrogen-bond acceptors (Lipinski definition) is 3.